The molecule has 0 aliphatic heterocycles. The van der Waals surface area contributed by atoms with E-state index in [1.807, 2.05) is 6.08 Å². The van der Waals surface area contributed by atoms with Crippen LogP contribution in [-0.4, -0.2) is 6.29 Å². The summed E-state index contributed by atoms with van der Waals surface area (Å²) in [5.41, 5.74) is 1.49. The molecule has 1 aliphatic carbocycles. The fourth-order valence-electron chi connectivity index (χ4n) is 1.41. The third kappa shape index (κ3) is 2.34. The Morgan fingerprint density at radius 2 is 2.27 bits per heavy atom. The van der Waals surface area contributed by atoms with Gasteiger partial charge in [-0.3, -0.25) is 4.79 Å². The quantitative estimate of drug-likeness (QED) is 0.414. The van der Waals surface area contributed by atoms with E-state index in [9.17, 15) is 4.79 Å². The molecule has 0 bridgehead atoms. The molecule has 0 N–H and O–H groups in total. The monoisotopic (exact) mass is 150 g/mol. The molecule has 0 amide bonds. The van der Waals surface area contributed by atoms with Gasteiger partial charge in [-0.25, -0.2) is 0 Å². The third-order valence-corrected chi connectivity index (χ3v) is 1.97. The van der Waals surface area contributed by atoms with Gasteiger partial charge in [-0.1, -0.05) is 26.0 Å². The van der Waals surface area contributed by atoms with Crippen LogP contribution >= 0.6 is 0 Å². The van der Waals surface area contributed by atoms with Crippen LogP contribution in [0.4, 0.5) is 0 Å². The molecule has 0 heterocycles. The van der Waals surface area contributed by atoms with Crippen LogP contribution in [0.5, 0.6) is 0 Å². The van der Waals surface area contributed by atoms with Crippen molar-refractivity contribution in [2.24, 2.45) is 5.41 Å². The zero-order chi connectivity index (χ0) is 8.32. The van der Waals surface area contributed by atoms with Crippen LogP contribution in [0.15, 0.2) is 23.8 Å². The van der Waals surface area contributed by atoms with Crippen molar-refractivity contribution in [1.29, 1.82) is 0 Å². The number of rotatable bonds is 1. The van der Waals surface area contributed by atoms with Crippen molar-refractivity contribution >= 4 is 6.29 Å². The molecule has 11 heavy (non-hydrogen) atoms. The van der Waals surface area contributed by atoms with E-state index in [1.165, 1.54) is 0 Å². The van der Waals surface area contributed by atoms with E-state index in [0.717, 1.165) is 24.7 Å². The summed E-state index contributed by atoms with van der Waals surface area (Å²) in [7, 11) is 0. The van der Waals surface area contributed by atoms with Gasteiger partial charge >= 0.3 is 0 Å². The van der Waals surface area contributed by atoms with Gasteiger partial charge < -0.3 is 0 Å². The highest BCUT2D eigenvalue weighted by Crippen LogP contribution is 2.33. The van der Waals surface area contributed by atoms with Gasteiger partial charge in [-0.05, 0) is 29.9 Å². The maximum atomic E-state index is 10.2. The van der Waals surface area contributed by atoms with Crippen LogP contribution in [0.25, 0.3) is 0 Å². The molecule has 0 unspecified atom stereocenters. The van der Waals surface area contributed by atoms with Crippen LogP contribution < -0.4 is 0 Å². The van der Waals surface area contributed by atoms with Gasteiger partial charge in [0.05, 0.1) is 0 Å². The highest BCUT2D eigenvalue weighted by Gasteiger charge is 2.19. The summed E-state index contributed by atoms with van der Waals surface area (Å²) >= 11 is 0. The molecule has 0 aromatic rings. The summed E-state index contributed by atoms with van der Waals surface area (Å²) < 4.78 is 0. The van der Waals surface area contributed by atoms with Crippen LogP contribution in [-0.2, 0) is 4.79 Å². The summed E-state index contributed by atoms with van der Waals surface area (Å²) in [5, 5.41) is 0. The van der Waals surface area contributed by atoms with Gasteiger partial charge in [0.2, 0.25) is 0 Å². The lowest BCUT2D eigenvalue weighted by Crippen LogP contribution is -2.13. The second-order valence-electron chi connectivity index (χ2n) is 3.83. The first-order valence-corrected chi connectivity index (χ1v) is 3.95. The summed E-state index contributed by atoms with van der Waals surface area (Å²) in [6.07, 6.45) is 8.82. The van der Waals surface area contributed by atoms with E-state index in [0.29, 0.717) is 5.41 Å². The van der Waals surface area contributed by atoms with Crippen LogP contribution in [0, 0.1) is 5.41 Å². The Hall–Kier alpha value is -0.850. The van der Waals surface area contributed by atoms with E-state index in [4.69, 9.17) is 0 Å². The van der Waals surface area contributed by atoms with Crippen molar-refractivity contribution in [2.75, 3.05) is 0 Å². The predicted molar refractivity (Wildman–Crippen MR) is 46.3 cm³/mol. The number of hydrogen-bond donors (Lipinski definition) is 0. The van der Waals surface area contributed by atoms with Crippen molar-refractivity contribution < 1.29 is 4.79 Å². The summed E-state index contributed by atoms with van der Waals surface area (Å²) in [6, 6.07) is 0. The standard InChI is InChI=1S/C10H14O/c1-10(2)6-3-4-9(8-10)5-7-11/h3-5,7H,6,8H2,1-2H3/b9-5+. The van der Waals surface area contributed by atoms with Gasteiger partial charge in [-0.15, -0.1) is 0 Å². The average molecular weight is 150 g/mol. The zero-order valence-corrected chi connectivity index (χ0v) is 7.13. The van der Waals surface area contributed by atoms with Crippen molar-refractivity contribution in [3.05, 3.63) is 23.8 Å². The highest BCUT2D eigenvalue weighted by atomic mass is 16.1. The van der Waals surface area contributed by atoms with E-state index in [-0.39, 0.29) is 0 Å². The lowest BCUT2D eigenvalue weighted by molar-refractivity contribution is -0.104. The predicted octanol–water partition coefficient (Wildman–Crippen LogP) is 2.49. The second-order valence-corrected chi connectivity index (χ2v) is 3.83. The Morgan fingerprint density at radius 3 is 2.82 bits per heavy atom. The Labute approximate surface area is 67.8 Å². The van der Waals surface area contributed by atoms with Gasteiger partial charge in [0.1, 0.15) is 6.29 Å². The zero-order valence-electron chi connectivity index (χ0n) is 7.13. The van der Waals surface area contributed by atoms with Gasteiger partial charge in [-0.2, -0.15) is 0 Å². The number of aldehydes is 1. The third-order valence-electron chi connectivity index (χ3n) is 1.97. The maximum absolute atomic E-state index is 10.2. The minimum Gasteiger partial charge on any atom is -0.299 e. The van der Waals surface area contributed by atoms with Crippen LogP contribution in [0.3, 0.4) is 0 Å². The van der Waals surface area contributed by atoms with E-state index < -0.39 is 0 Å². The normalized spacial score (nSPS) is 25.5. The minimum absolute atomic E-state index is 0.337. The van der Waals surface area contributed by atoms with Crippen molar-refractivity contribution in [1.82, 2.24) is 0 Å². The lowest BCUT2D eigenvalue weighted by Gasteiger charge is -2.26. The minimum atomic E-state index is 0.337. The van der Waals surface area contributed by atoms with E-state index in [1.54, 1.807) is 6.08 Å². The molecule has 1 rings (SSSR count). The van der Waals surface area contributed by atoms with E-state index >= 15 is 0 Å². The number of allylic oxidation sites excluding steroid dienone is 4. The molecule has 0 spiro atoms. The summed E-state index contributed by atoms with van der Waals surface area (Å²) in [4.78, 5) is 10.2. The molecule has 1 nitrogen and oxygen atoms in total. The van der Waals surface area contributed by atoms with Gasteiger partial charge in [0, 0.05) is 0 Å². The lowest BCUT2D eigenvalue weighted by atomic mass is 9.79. The van der Waals surface area contributed by atoms with Crippen molar-refractivity contribution in [3.63, 3.8) is 0 Å². The molecular formula is C10H14O. The van der Waals surface area contributed by atoms with Crippen LogP contribution in [0.1, 0.15) is 26.7 Å². The smallest absolute Gasteiger partial charge is 0.143 e. The molecular weight excluding hydrogens is 136 g/mol. The molecule has 0 fully saturated rings. The molecule has 0 aromatic heterocycles. The number of hydrogen-bond acceptors (Lipinski definition) is 1. The molecule has 0 radical (unpaired) electrons. The van der Waals surface area contributed by atoms with Crippen LogP contribution in [0.2, 0.25) is 0 Å². The highest BCUT2D eigenvalue weighted by molar-refractivity contribution is 5.67. The molecule has 1 heteroatoms. The fourth-order valence-corrected chi connectivity index (χ4v) is 1.41. The summed E-state index contributed by atoms with van der Waals surface area (Å²) in [6.45, 7) is 4.43. The molecule has 0 saturated heterocycles. The van der Waals surface area contributed by atoms with Gasteiger partial charge in [0.15, 0.2) is 0 Å². The Bertz CT molecular complexity index is 209. The first-order valence-electron chi connectivity index (χ1n) is 3.95. The Morgan fingerprint density at radius 1 is 1.55 bits per heavy atom. The molecule has 60 valence electrons. The molecule has 1 aliphatic rings. The SMILES string of the molecule is CC1(C)CC=C/C(=C\C=O)C1. The van der Waals surface area contributed by atoms with Gasteiger partial charge in [0.25, 0.3) is 0 Å². The second kappa shape index (κ2) is 3.04. The summed E-state index contributed by atoms with van der Waals surface area (Å²) in [5.74, 6) is 0. The van der Waals surface area contributed by atoms with Crippen molar-refractivity contribution in [3.8, 4) is 0 Å². The molecule has 0 aromatic carbocycles. The molecule has 0 atom stereocenters. The first-order chi connectivity index (χ1) is 5.14. The fraction of sp³-hybridized carbons (Fsp3) is 0.500. The maximum Gasteiger partial charge on any atom is 0.143 e. The average Bonchev–Trinajstić information content (AvgIpc) is 1.85. The number of carbonyl (C=O) groups excluding carboxylic acids is 1. The first kappa shape index (κ1) is 8.25. The Kier molecular flexibility index (Phi) is 2.28. The topological polar surface area (TPSA) is 17.1 Å². The number of carbonyl (C=O) groups is 1. The largest absolute Gasteiger partial charge is 0.299 e. The van der Waals surface area contributed by atoms with Crippen molar-refractivity contribution in [2.45, 2.75) is 26.7 Å². The molecule has 0 saturated carbocycles. The Balaban J connectivity index is 2.74. The van der Waals surface area contributed by atoms with E-state index in [2.05, 4.69) is 19.9 Å².